The third-order valence-corrected chi connectivity index (χ3v) is 3.29. The van der Waals surface area contributed by atoms with Crippen LogP contribution in [0.25, 0.3) is 5.65 Å². The molecule has 0 fully saturated rings. The first kappa shape index (κ1) is 13.4. The van der Waals surface area contributed by atoms with Crippen molar-refractivity contribution in [2.45, 2.75) is 13.3 Å². The zero-order chi connectivity index (χ0) is 14.7. The molecule has 0 aliphatic carbocycles. The number of imidazole rings is 2. The minimum Gasteiger partial charge on any atom is -0.369 e. The first-order valence-corrected chi connectivity index (χ1v) is 7.05. The lowest BCUT2D eigenvalue weighted by atomic mass is 10.4. The van der Waals surface area contributed by atoms with E-state index in [1.54, 1.807) is 6.20 Å². The van der Waals surface area contributed by atoms with Crippen LogP contribution in [0.15, 0.2) is 31.0 Å². The number of rotatable bonds is 6. The average molecular weight is 285 g/mol. The highest BCUT2D eigenvalue weighted by atomic mass is 15.1. The summed E-state index contributed by atoms with van der Waals surface area (Å²) in [7, 11) is 2.00. The number of aromatic nitrogens is 5. The Morgan fingerprint density at radius 3 is 2.76 bits per heavy atom. The van der Waals surface area contributed by atoms with Gasteiger partial charge in [-0.25, -0.2) is 15.0 Å². The quantitative estimate of drug-likeness (QED) is 0.719. The molecular formula is C14H19N7. The van der Waals surface area contributed by atoms with E-state index in [9.17, 15) is 0 Å². The summed E-state index contributed by atoms with van der Waals surface area (Å²) in [6.07, 6.45) is 10.2. The zero-order valence-electron chi connectivity index (χ0n) is 12.2. The van der Waals surface area contributed by atoms with Crippen LogP contribution < -0.4 is 10.6 Å². The molecule has 0 unspecified atom stereocenters. The first-order valence-electron chi connectivity index (χ1n) is 7.05. The second-order valence-corrected chi connectivity index (χ2v) is 4.79. The van der Waals surface area contributed by atoms with E-state index in [1.807, 2.05) is 47.7 Å². The lowest BCUT2D eigenvalue weighted by molar-refractivity contribution is 0.788. The molecule has 0 atom stereocenters. The van der Waals surface area contributed by atoms with Crippen molar-refractivity contribution < 1.29 is 0 Å². The Hall–Kier alpha value is -2.57. The summed E-state index contributed by atoms with van der Waals surface area (Å²) in [4.78, 5) is 13.2. The summed E-state index contributed by atoms with van der Waals surface area (Å²) in [6.45, 7) is 3.64. The van der Waals surface area contributed by atoms with Crippen LogP contribution >= 0.6 is 0 Å². The topological polar surface area (TPSA) is 72.1 Å². The fourth-order valence-electron chi connectivity index (χ4n) is 2.25. The van der Waals surface area contributed by atoms with Gasteiger partial charge >= 0.3 is 0 Å². The lowest BCUT2D eigenvalue weighted by Crippen LogP contribution is -2.12. The van der Waals surface area contributed by atoms with Gasteiger partial charge in [-0.05, 0) is 6.92 Å². The second kappa shape index (κ2) is 5.82. The van der Waals surface area contributed by atoms with Crippen LogP contribution in [-0.4, -0.2) is 37.0 Å². The Morgan fingerprint density at radius 2 is 2.00 bits per heavy atom. The Kier molecular flexibility index (Phi) is 3.72. The predicted molar refractivity (Wildman–Crippen MR) is 82.6 cm³/mol. The third kappa shape index (κ3) is 2.81. The zero-order valence-corrected chi connectivity index (χ0v) is 12.2. The van der Waals surface area contributed by atoms with Crippen molar-refractivity contribution in [2.24, 2.45) is 7.05 Å². The molecule has 3 aromatic rings. The molecule has 0 radical (unpaired) electrons. The molecule has 3 heterocycles. The fourth-order valence-corrected chi connectivity index (χ4v) is 2.25. The molecule has 3 rings (SSSR count). The van der Waals surface area contributed by atoms with E-state index in [4.69, 9.17) is 0 Å². The molecule has 0 spiro atoms. The Labute approximate surface area is 123 Å². The van der Waals surface area contributed by atoms with Gasteiger partial charge in [-0.3, -0.25) is 0 Å². The van der Waals surface area contributed by atoms with E-state index in [-0.39, 0.29) is 0 Å². The van der Waals surface area contributed by atoms with Crippen LogP contribution in [0.3, 0.4) is 0 Å². The van der Waals surface area contributed by atoms with Crippen LogP contribution in [0.4, 0.5) is 11.6 Å². The maximum Gasteiger partial charge on any atom is 0.180 e. The van der Waals surface area contributed by atoms with E-state index >= 15 is 0 Å². The molecule has 0 bridgehead atoms. The van der Waals surface area contributed by atoms with Gasteiger partial charge in [-0.15, -0.1) is 0 Å². The highest BCUT2D eigenvalue weighted by Crippen LogP contribution is 2.16. The van der Waals surface area contributed by atoms with Crippen molar-refractivity contribution in [1.82, 2.24) is 23.9 Å². The molecule has 0 amide bonds. The summed E-state index contributed by atoms with van der Waals surface area (Å²) in [6, 6.07) is 0. The average Bonchev–Trinajstić information content (AvgIpc) is 3.08. The number of anilines is 2. The van der Waals surface area contributed by atoms with E-state index in [2.05, 4.69) is 25.6 Å². The number of hydrogen-bond donors (Lipinski definition) is 2. The van der Waals surface area contributed by atoms with Crippen molar-refractivity contribution in [3.05, 3.63) is 36.8 Å². The molecule has 110 valence electrons. The van der Waals surface area contributed by atoms with Gasteiger partial charge in [0.05, 0.1) is 6.20 Å². The third-order valence-electron chi connectivity index (χ3n) is 3.29. The molecule has 0 aliphatic heterocycles. The van der Waals surface area contributed by atoms with Crippen molar-refractivity contribution in [3.8, 4) is 0 Å². The summed E-state index contributed by atoms with van der Waals surface area (Å²) >= 11 is 0. The minimum absolute atomic E-state index is 0.760. The Morgan fingerprint density at radius 1 is 1.14 bits per heavy atom. The summed E-state index contributed by atoms with van der Waals surface area (Å²) in [5.41, 5.74) is 0.830. The SMILES string of the molecule is CCNc1cn2ccnc2c(NCCc2nccn2C)n1. The van der Waals surface area contributed by atoms with Crippen molar-refractivity contribution in [1.29, 1.82) is 0 Å². The normalized spacial score (nSPS) is 11.0. The monoisotopic (exact) mass is 285 g/mol. The van der Waals surface area contributed by atoms with Gasteiger partial charge in [0.2, 0.25) is 0 Å². The number of fused-ring (bicyclic) bond motifs is 1. The summed E-state index contributed by atoms with van der Waals surface area (Å²) in [5, 5.41) is 6.58. The first-order chi connectivity index (χ1) is 10.3. The van der Waals surface area contributed by atoms with Crippen molar-refractivity contribution >= 4 is 17.3 Å². The molecular weight excluding hydrogens is 266 g/mol. The maximum atomic E-state index is 4.57. The van der Waals surface area contributed by atoms with E-state index < -0.39 is 0 Å². The van der Waals surface area contributed by atoms with Gasteiger partial charge in [0.15, 0.2) is 11.5 Å². The van der Waals surface area contributed by atoms with Crippen molar-refractivity contribution in [3.63, 3.8) is 0 Å². The smallest absolute Gasteiger partial charge is 0.180 e. The molecule has 7 nitrogen and oxygen atoms in total. The molecule has 21 heavy (non-hydrogen) atoms. The molecule has 0 aliphatic rings. The van der Waals surface area contributed by atoms with E-state index in [0.717, 1.165) is 42.6 Å². The maximum absolute atomic E-state index is 4.57. The highest BCUT2D eigenvalue weighted by Gasteiger charge is 2.07. The predicted octanol–water partition coefficient (Wildman–Crippen LogP) is 1.55. The minimum atomic E-state index is 0.760. The summed E-state index contributed by atoms with van der Waals surface area (Å²) < 4.78 is 3.99. The van der Waals surface area contributed by atoms with Crippen LogP contribution in [0.5, 0.6) is 0 Å². The Bertz CT molecular complexity index is 728. The molecule has 0 aromatic carbocycles. The number of nitrogens with one attached hydrogen (secondary N) is 2. The van der Waals surface area contributed by atoms with Gasteiger partial charge in [0.1, 0.15) is 11.6 Å². The summed E-state index contributed by atoms with van der Waals surface area (Å²) in [5.74, 6) is 2.67. The van der Waals surface area contributed by atoms with Gasteiger partial charge in [0.25, 0.3) is 0 Å². The molecule has 0 saturated carbocycles. The lowest BCUT2D eigenvalue weighted by Gasteiger charge is -2.10. The standard InChI is InChI=1S/C14H19N7/c1-3-15-11-10-21-9-7-18-14(21)13(19-11)17-5-4-12-16-6-8-20(12)2/h6-10,15H,3-5H2,1-2H3,(H,17,19). The van der Waals surface area contributed by atoms with Crippen molar-refractivity contribution in [2.75, 3.05) is 23.7 Å². The highest BCUT2D eigenvalue weighted by molar-refractivity contribution is 5.65. The van der Waals surface area contributed by atoms with Crippen LogP contribution in [0.2, 0.25) is 0 Å². The number of aryl methyl sites for hydroxylation is 1. The van der Waals surface area contributed by atoms with E-state index in [0.29, 0.717) is 0 Å². The largest absolute Gasteiger partial charge is 0.369 e. The van der Waals surface area contributed by atoms with Crippen LogP contribution in [0, 0.1) is 0 Å². The Balaban J connectivity index is 1.76. The number of hydrogen-bond acceptors (Lipinski definition) is 5. The van der Waals surface area contributed by atoms with Gasteiger partial charge < -0.3 is 19.6 Å². The van der Waals surface area contributed by atoms with Gasteiger partial charge in [-0.2, -0.15) is 0 Å². The fraction of sp³-hybridized carbons (Fsp3) is 0.357. The molecule has 2 N–H and O–H groups in total. The molecule has 3 aromatic heterocycles. The van der Waals surface area contributed by atoms with E-state index in [1.165, 1.54) is 0 Å². The second-order valence-electron chi connectivity index (χ2n) is 4.79. The molecule has 7 heteroatoms. The number of nitrogens with zero attached hydrogens (tertiary/aromatic N) is 5. The molecule has 0 saturated heterocycles. The van der Waals surface area contributed by atoms with Gasteiger partial charge in [0, 0.05) is 51.3 Å². The van der Waals surface area contributed by atoms with Crippen LogP contribution in [-0.2, 0) is 13.5 Å². The van der Waals surface area contributed by atoms with Crippen LogP contribution in [0.1, 0.15) is 12.7 Å². The van der Waals surface area contributed by atoms with Gasteiger partial charge in [-0.1, -0.05) is 0 Å².